The third-order valence-electron chi connectivity index (χ3n) is 2.54. The van der Waals surface area contributed by atoms with Crippen LogP contribution in [0.4, 0.5) is 0 Å². The van der Waals surface area contributed by atoms with Gasteiger partial charge in [0.2, 0.25) is 0 Å². The van der Waals surface area contributed by atoms with Crippen LogP contribution < -0.4 is 0 Å². The molecule has 0 spiro atoms. The molecule has 0 aliphatic carbocycles. The predicted molar refractivity (Wildman–Crippen MR) is 60.4 cm³/mol. The molecule has 1 N–H and O–H groups in total. The summed E-state index contributed by atoms with van der Waals surface area (Å²) >= 11 is 1.41. The number of hydrogen-bond donors (Lipinski definition) is 1. The van der Waals surface area contributed by atoms with E-state index in [-0.39, 0.29) is 0 Å². The molecular weight excluding hydrogens is 224 g/mol. The zero-order valence-corrected chi connectivity index (χ0v) is 9.44. The number of carboxylic acid groups (broad SMARTS) is 1. The van der Waals surface area contributed by atoms with Gasteiger partial charge in [0.1, 0.15) is 11.7 Å². The molecule has 0 aliphatic heterocycles. The van der Waals surface area contributed by atoms with Crippen LogP contribution >= 0.6 is 11.3 Å². The van der Waals surface area contributed by atoms with Gasteiger partial charge >= 0.3 is 5.97 Å². The number of nitrogens with zero attached hydrogens (tertiary/aromatic N) is 2. The third-order valence-corrected chi connectivity index (χ3v) is 3.63. The molecule has 0 bridgehead atoms. The Labute approximate surface area is 96.6 Å². The van der Waals surface area contributed by atoms with Crippen LogP contribution in [-0.4, -0.2) is 21.0 Å². The molecular formula is C11H10N2O2S. The van der Waals surface area contributed by atoms with Crippen molar-refractivity contribution in [2.75, 3.05) is 0 Å². The minimum Gasteiger partial charge on any atom is -0.480 e. The summed E-state index contributed by atoms with van der Waals surface area (Å²) in [6.07, 6.45) is 2.92. The molecule has 2 aromatic rings. The Hall–Kier alpha value is -1.75. The van der Waals surface area contributed by atoms with E-state index >= 15 is 0 Å². The highest BCUT2D eigenvalue weighted by atomic mass is 32.1. The lowest BCUT2D eigenvalue weighted by molar-refractivity contribution is -0.141. The molecule has 0 saturated carbocycles. The first-order valence-corrected chi connectivity index (χ1v) is 5.57. The van der Waals surface area contributed by atoms with Gasteiger partial charge in [0.15, 0.2) is 0 Å². The smallest absolute Gasteiger partial charge is 0.320 e. The van der Waals surface area contributed by atoms with Crippen molar-refractivity contribution in [2.24, 2.45) is 0 Å². The lowest BCUT2D eigenvalue weighted by atomic mass is 9.85. The average Bonchev–Trinajstić information content (AvgIpc) is 2.82. The second kappa shape index (κ2) is 4.02. The van der Waals surface area contributed by atoms with Crippen LogP contribution in [0, 0.1) is 0 Å². The maximum absolute atomic E-state index is 11.5. The highest BCUT2D eigenvalue weighted by Crippen LogP contribution is 2.33. The molecule has 0 aliphatic rings. The summed E-state index contributed by atoms with van der Waals surface area (Å²) in [6, 6.07) is 5.27. The highest BCUT2D eigenvalue weighted by Gasteiger charge is 2.39. The van der Waals surface area contributed by atoms with Crippen LogP contribution in [0.5, 0.6) is 0 Å². The molecule has 2 heterocycles. The molecule has 2 aromatic heterocycles. The van der Waals surface area contributed by atoms with Gasteiger partial charge in [-0.25, -0.2) is 9.97 Å². The van der Waals surface area contributed by atoms with Crippen LogP contribution in [0.2, 0.25) is 0 Å². The van der Waals surface area contributed by atoms with Crippen LogP contribution in [0.3, 0.4) is 0 Å². The van der Waals surface area contributed by atoms with Gasteiger partial charge in [0.25, 0.3) is 0 Å². The molecule has 82 valence electrons. The number of carbonyl (C=O) groups is 1. The van der Waals surface area contributed by atoms with Gasteiger partial charge in [-0.2, -0.15) is 0 Å². The van der Waals surface area contributed by atoms with Gasteiger partial charge < -0.3 is 5.11 Å². The fourth-order valence-electron chi connectivity index (χ4n) is 1.49. The van der Waals surface area contributed by atoms with Crippen molar-refractivity contribution in [3.8, 4) is 0 Å². The minimum atomic E-state index is -1.10. The van der Waals surface area contributed by atoms with E-state index in [1.165, 1.54) is 17.7 Å². The fraction of sp³-hybridized carbons (Fsp3) is 0.182. The van der Waals surface area contributed by atoms with Crippen LogP contribution in [0.15, 0.2) is 36.1 Å². The van der Waals surface area contributed by atoms with Gasteiger partial charge in [-0.1, -0.05) is 6.07 Å². The van der Waals surface area contributed by atoms with Crippen LogP contribution in [0.1, 0.15) is 17.5 Å². The first-order chi connectivity index (χ1) is 7.65. The molecule has 1 unspecified atom stereocenters. The van der Waals surface area contributed by atoms with E-state index < -0.39 is 11.4 Å². The highest BCUT2D eigenvalue weighted by molar-refractivity contribution is 7.10. The van der Waals surface area contributed by atoms with Gasteiger partial charge in [-0.3, -0.25) is 4.79 Å². The van der Waals surface area contributed by atoms with Gasteiger partial charge in [-0.15, -0.1) is 11.3 Å². The Balaban J connectivity index is 2.58. The monoisotopic (exact) mass is 234 g/mol. The summed E-state index contributed by atoms with van der Waals surface area (Å²) < 4.78 is 0. The fourth-order valence-corrected chi connectivity index (χ4v) is 2.38. The quantitative estimate of drug-likeness (QED) is 0.881. The summed E-state index contributed by atoms with van der Waals surface area (Å²) in [7, 11) is 0. The number of aliphatic carboxylic acids is 1. The van der Waals surface area contributed by atoms with E-state index in [9.17, 15) is 9.90 Å². The number of thiophene rings is 1. The summed E-state index contributed by atoms with van der Waals surface area (Å²) in [5, 5.41) is 11.3. The number of carboxylic acids is 1. The van der Waals surface area contributed by atoms with Crippen molar-refractivity contribution in [1.29, 1.82) is 0 Å². The van der Waals surface area contributed by atoms with Crippen LogP contribution in [0.25, 0.3) is 0 Å². The Kier molecular flexibility index (Phi) is 2.70. The molecule has 0 amide bonds. The lowest BCUT2D eigenvalue weighted by Crippen LogP contribution is -2.33. The zero-order chi connectivity index (χ0) is 11.6. The average molecular weight is 234 g/mol. The molecule has 0 aromatic carbocycles. The molecule has 0 fully saturated rings. The molecule has 5 heteroatoms. The molecule has 2 rings (SSSR count). The molecule has 4 nitrogen and oxygen atoms in total. The van der Waals surface area contributed by atoms with Crippen molar-refractivity contribution in [3.63, 3.8) is 0 Å². The molecule has 16 heavy (non-hydrogen) atoms. The van der Waals surface area contributed by atoms with E-state index in [0.717, 1.165) is 4.88 Å². The maximum atomic E-state index is 11.5. The Morgan fingerprint density at radius 2 is 2.31 bits per heavy atom. The van der Waals surface area contributed by atoms with Crippen molar-refractivity contribution in [1.82, 2.24) is 9.97 Å². The topological polar surface area (TPSA) is 63.1 Å². The minimum absolute atomic E-state index is 0.498. The largest absolute Gasteiger partial charge is 0.480 e. The normalized spacial score (nSPS) is 14.3. The van der Waals surface area contributed by atoms with E-state index in [2.05, 4.69) is 9.97 Å². The maximum Gasteiger partial charge on any atom is 0.320 e. The van der Waals surface area contributed by atoms with Gasteiger partial charge in [-0.05, 0) is 24.4 Å². The predicted octanol–water partition coefficient (Wildman–Crippen LogP) is 1.93. The summed E-state index contributed by atoms with van der Waals surface area (Å²) in [5.74, 6) is -0.909. The van der Waals surface area contributed by atoms with Crippen molar-refractivity contribution in [3.05, 3.63) is 46.7 Å². The standard InChI is InChI=1S/C11H10N2O2S/c1-11(10(14)15,9-3-2-6-16-9)8-4-5-12-7-13-8/h2-7H,1H3,(H,14,15). The first-order valence-electron chi connectivity index (χ1n) is 4.69. The van der Waals surface area contributed by atoms with E-state index in [0.29, 0.717) is 5.69 Å². The zero-order valence-electron chi connectivity index (χ0n) is 8.62. The number of hydrogen-bond acceptors (Lipinski definition) is 4. The van der Waals surface area contributed by atoms with Crippen molar-refractivity contribution < 1.29 is 9.90 Å². The summed E-state index contributed by atoms with van der Waals surface area (Å²) in [5.41, 5.74) is -0.602. The third kappa shape index (κ3) is 1.59. The molecule has 0 saturated heterocycles. The Morgan fingerprint density at radius 3 is 2.81 bits per heavy atom. The first kappa shape index (κ1) is 10.8. The lowest BCUT2D eigenvalue weighted by Gasteiger charge is -2.22. The number of rotatable bonds is 3. The van der Waals surface area contributed by atoms with E-state index in [1.807, 2.05) is 11.4 Å². The van der Waals surface area contributed by atoms with E-state index in [1.54, 1.807) is 25.3 Å². The second-order valence-electron chi connectivity index (χ2n) is 3.50. The summed E-state index contributed by atoms with van der Waals surface area (Å²) in [4.78, 5) is 20.1. The molecule has 1 atom stereocenters. The second-order valence-corrected chi connectivity index (χ2v) is 4.45. The van der Waals surface area contributed by atoms with Gasteiger partial charge in [0.05, 0.1) is 5.69 Å². The SMILES string of the molecule is CC(C(=O)O)(c1ccncn1)c1cccs1. The van der Waals surface area contributed by atoms with Gasteiger partial charge in [0, 0.05) is 11.1 Å². The van der Waals surface area contributed by atoms with E-state index in [4.69, 9.17) is 0 Å². The Bertz CT molecular complexity index is 484. The Morgan fingerprint density at radius 1 is 1.50 bits per heavy atom. The van der Waals surface area contributed by atoms with Crippen molar-refractivity contribution >= 4 is 17.3 Å². The summed E-state index contributed by atoms with van der Waals surface area (Å²) in [6.45, 7) is 1.66. The molecule has 0 radical (unpaired) electrons. The van der Waals surface area contributed by atoms with Crippen LogP contribution in [-0.2, 0) is 10.2 Å². The number of aromatic nitrogens is 2. The van der Waals surface area contributed by atoms with Crippen molar-refractivity contribution in [2.45, 2.75) is 12.3 Å².